The average molecular weight is 809 g/mol. The van der Waals surface area contributed by atoms with Crippen molar-refractivity contribution in [1.29, 1.82) is 5.26 Å². The fourth-order valence-corrected chi connectivity index (χ4v) is 9.22. The van der Waals surface area contributed by atoms with Gasteiger partial charge in [0, 0.05) is 36.9 Å². The first-order valence-electron chi connectivity index (χ1n) is 17.8. The van der Waals surface area contributed by atoms with Gasteiger partial charge in [0.25, 0.3) is 0 Å². The van der Waals surface area contributed by atoms with E-state index in [1.165, 1.54) is 17.9 Å². The third-order valence-electron chi connectivity index (χ3n) is 10.2. The lowest BCUT2D eigenvalue weighted by Crippen LogP contribution is -2.47. The number of amides is 1. The maximum Gasteiger partial charge on any atom is 0.412 e. The Morgan fingerprint density at radius 2 is 2.04 bits per heavy atom. The summed E-state index contributed by atoms with van der Waals surface area (Å²) in [5.41, 5.74) is -2.49. The molecule has 4 aromatic rings. The van der Waals surface area contributed by atoms with E-state index in [1.807, 2.05) is 11.0 Å². The van der Waals surface area contributed by atoms with E-state index in [-0.39, 0.29) is 92.5 Å². The SMILES string of the molecule is C[C@@H](O)[C@H]1COc2c(Cl)c(-c3ccc(F)c4sc(NC(=O)OC(C)(C)C)c(C#N)c34)c(F)c3nc(OC[C@@]45CCCN4C[C@H](F)C5)nc(c23)N1CCC(F)F. The number of aliphatic hydroxyl groups is 1. The summed E-state index contributed by atoms with van der Waals surface area (Å²) in [5, 5.41) is 23.1. The van der Waals surface area contributed by atoms with Gasteiger partial charge in [0.15, 0.2) is 11.6 Å². The summed E-state index contributed by atoms with van der Waals surface area (Å²) in [6, 6.07) is 2.98. The number of carbonyl (C=O) groups excluding carboxylic acids is 1. The van der Waals surface area contributed by atoms with E-state index in [1.54, 1.807) is 20.8 Å². The van der Waals surface area contributed by atoms with Gasteiger partial charge in [-0.25, -0.2) is 26.7 Å². The quantitative estimate of drug-likeness (QED) is 0.160. The summed E-state index contributed by atoms with van der Waals surface area (Å²) in [6.45, 7) is 6.65. The first-order chi connectivity index (χ1) is 26.0. The number of alkyl halides is 3. The van der Waals surface area contributed by atoms with Crippen molar-refractivity contribution < 1.29 is 46.1 Å². The summed E-state index contributed by atoms with van der Waals surface area (Å²) < 4.78 is 92.4. The molecule has 0 aliphatic carbocycles. The molecule has 3 aliphatic heterocycles. The molecule has 11 nitrogen and oxygen atoms in total. The van der Waals surface area contributed by atoms with Crippen LogP contribution in [0.4, 0.5) is 37.6 Å². The Morgan fingerprint density at radius 3 is 2.73 bits per heavy atom. The highest BCUT2D eigenvalue weighted by Gasteiger charge is 2.49. The Morgan fingerprint density at radius 1 is 1.27 bits per heavy atom. The smallest absolute Gasteiger partial charge is 0.412 e. The molecule has 0 radical (unpaired) electrons. The lowest BCUT2D eigenvalue weighted by molar-refractivity contribution is 0.0636. The Bertz CT molecular complexity index is 2210. The van der Waals surface area contributed by atoms with Crippen molar-refractivity contribution in [1.82, 2.24) is 14.9 Å². The van der Waals surface area contributed by atoms with Gasteiger partial charge >= 0.3 is 12.1 Å². The van der Waals surface area contributed by atoms with Gasteiger partial charge in [0.1, 0.15) is 53.2 Å². The van der Waals surface area contributed by atoms with E-state index in [9.17, 15) is 28.3 Å². The summed E-state index contributed by atoms with van der Waals surface area (Å²) in [6.07, 6.45) is -4.79. The number of halogens is 6. The predicted molar refractivity (Wildman–Crippen MR) is 197 cm³/mol. The summed E-state index contributed by atoms with van der Waals surface area (Å²) in [4.78, 5) is 25.1. The number of aromatic nitrogens is 2. The Kier molecular flexibility index (Phi) is 10.4. The topological polar surface area (TPSA) is 133 Å². The van der Waals surface area contributed by atoms with Crippen LogP contribution in [0, 0.1) is 23.0 Å². The summed E-state index contributed by atoms with van der Waals surface area (Å²) in [5.74, 6) is -2.04. The van der Waals surface area contributed by atoms with Crippen LogP contribution in [0.2, 0.25) is 5.02 Å². The minimum absolute atomic E-state index is 0.0346. The molecule has 2 aromatic heterocycles. The van der Waals surface area contributed by atoms with Crippen LogP contribution in [0.15, 0.2) is 12.1 Å². The lowest BCUT2D eigenvalue weighted by atomic mass is 9.95. The van der Waals surface area contributed by atoms with Crippen LogP contribution < -0.4 is 19.7 Å². The van der Waals surface area contributed by atoms with Crippen molar-refractivity contribution in [3.05, 3.63) is 34.4 Å². The number of anilines is 2. The third-order valence-corrected chi connectivity index (χ3v) is 11.7. The van der Waals surface area contributed by atoms with Gasteiger partial charge in [-0.2, -0.15) is 15.2 Å². The number of nitrogens with one attached hydrogen (secondary N) is 1. The highest BCUT2D eigenvalue weighted by molar-refractivity contribution is 7.23. The maximum absolute atomic E-state index is 17.4. The number of hydrogen-bond acceptors (Lipinski definition) is 11. The van der Waals surface area contributed by atoms with Gasteiger partial charge in [0.05, 0.1) is 38.4 Å². The third kappa shape index (κ3) is 7.18. The number of nitrogens with zero attached hydrogens (tertiary/aromatic N) is 5. The lowest BCUT2D eigenvalue weighted by Gasteiger charge is -2.33. The number of aliphatic hydroxyl groups excluding tert-OH is 1. The molecule has 2 fully saturated rings. The van der Waals surface area contributed by atoms with Crippen molar-refractivity contribution in [2.45, 2.75) is 89.3 Å². The monoisotopic (exact) mass is 808 g/mol. The molecular formula is C37H38ClF5N6O5S. The first kappa shape index (κ1) is 39.0. The number of benzene rings is 2. The van der Waals surface area contributed by atoms with Crippen LogP contribution in [0.1, 0.15) is 58.9 Å². The van der Waals surface area contributed by atoms with Gasteiger partial charge < -0.3 is 24.2 Å². The zero-order valence-electron chi connectivity index (χ0n) is 30.3. The number of nitriles is 1. The normalized spacial score (nSPS) is 21.8. The minimum Gasteiger partial charge on any atom is -0.489 e. The highest BCUT2D eigenvalue weighted by Crippen LogP contribution is 2.52. The number of hydrogen-bond donors (Lipinski definition) is 2. The van der Waals surface area contributed by atoms with Gasteiger partial charge in [-0.05, 0) is 58.7 Å². The van der Waals surface area contributed by atoms with Crippen molar-refractivity contribution in [3.8, 4) is 29.0 Å². The van der Waals surface area contributed by atoms with Crippen LogP contribution >= 0.6 is 22.9 Å². The molecule has 0 saturated carbocycles. The fourth-order valence-electron chi connectivity index (χ4n) is 7.82. The number of thiophene rings is 1. The second-order valence-electron chi connectivity index (χ2n) is 15.1. The van der Waals surface area contributed by atoms with E-state index in [4.69, 9.17) is 25.8 Å². The average Bonchev–Trinajstić information content (AvgIpc) is 3.72. The van der Waals surface area contributed by atoms with Crippen LogP contribution in [-0.2, 0) is 4.74 Å². The molecule has 5 heterocycles. The molecule has 7 rings (SSSR count). The molecule has 3 aliphatic rings. The fraction of sp³-hybridized carbons (Fsp3) is 0.514. The van der Waals surface area contributed by atoms with Gasteiger partial charge in [0.2, 0.25) is 6.43 Å². The largest absolute Gasteiger partial charge is 0.489 e. The van der Waals surface area contributed by atoms with Crippen LogP contribution in [0.5, 0.6) is 11.8 Å². The molecule has 0 bridgehead atoms. The van der Waals surface area contributed by atoms with E-state index >= 15 is 8.78 Å². The van der Waals surface area contributed by atoms with Crippen molar-refractivity contribution in [3.63, 3.8) is 0 Å². The standard InChI is InChI=1S/C37H38ClF5N6O5S/c1-17(50)22-15-52-30-26-29(45-34(46-32(26)49(22)11-8-23(41)42)53-16-37-9-5-10-48(37)14-18(39)12-37)28(43)25(27(30)38)19-6-7-21(40)31-24(19)20(13-44)33(55-31)47-35(51)54-36(2,3)4/h6-7,17-18,22-23,50H,5,8-12,14-16H2,1-4H3,(H,47,51)/t17-,18-,22-,37+/m1/s1. The highest BCUT2D eigenvalue weighted by atomic mass is 35.5. The van der Waals surface area contributed by atoms with Crippen LogP contribution in [0.3, 0.4) is 0 Å². The molecule has 2 N–H and O–H groups in total. The van der Waals surface area contributed by atoms with Gasteiger partial charge in [-0.1, -0.05) is 17.7 Å². The number of fused-ring (bicyclic) bond motifs is 2. The molecule has 294 valence electrons. The Labute approximate surface area is 321 Å². The minimum atomic E-state index is -2.73. The molecule has 2 aromatic carbocycles. The molecular weight excluding hydrogens is 771 g/mol. The summed E-state index contributed by atoms with van der Waals surface area (Å²) >= 11 is 7.75. The molecule has 0 unspecified atom stereocenters. The molecule has 55 heavy (non-hydrogen) atoms. The van der Waals surface area contributed by atoms with Gasteiger partial charge in [-0.3, -0.25) is 10.2 Å². The molecule has 18 heteroatoms. The Hall–Kier alpha value is -4.24. The molecule has 2 saturated heterocycles. The second-order valence-corrected chi connectivity index (χ2v) is 16.5. The Balaban J connectivity index is 1.44. The maximum atomic E-state index is 17.4. The van der Waals surface area contributed by atoms with Crippen molar-refractivity contribution in [2.24, 2.45) is 0 Å². The van der Waals surface area contributed by atoms with Gasteiger partial charge in [-0.15, -0.1) is 11.3 Å². The van der Waals surface area contributed by atoms with Crippen molar-refractivity contribution >= 4 is 60.8 Å². The zero-order chi connectivity index (χ0) is 39.6. The first-order valence-corrected chi connectivity index (χ1v) is 19.0. The van der Waals surface area contributed by atoms with E-state index in [0.29, 0.717) is 13.0 Å². The van der Waals surface area contributed by atoms with Crippen LogP contribution in [0.25, 0.3) is 32.1 Å². The zero-order valence-corrected chi connectivity index (χ0v) is 31.9. The molecule has 4 atom stereocenters. The number of rotatable bonds is 9. The molecule has 1 amide bonds. The van der Waals surface area contributed by atoms with Crippen molar-refractivity contribution in [2.75, 3.05) is 43.1 Å². The van der Waals surface area contributed by atoms with E-state index < -0.39 is 65.5 Å². The van der Waals surface area contributed by atoms with E-state index in [2.05, 4.69) is 15.3 Å². The number of carbonyl (C=O) groups is 1. The molecule has 0 spiro atoms. The van der Waals surface area contributed by atoms with Crippen LogP contribution in [-0.4, -0.2) is 94.8 Å². The number of ether oxygens (including phenoxy) is 3. The second kappa shape index (κ2) is 14.7. The summed E-state index contributed by atoms with van der Waals surface area (Å²) in [7, 11) is 0. The predicted octanol–water partition coefficient (Wildman–Crippen LogP) is 8.22. The van der Waals surface area contributed by atoms with E-state index in [0.717, 1.165) is 23.8 Å².